The van der Waals surface area contributed by atoms with Crippen molar-refractivity contribution in [3.63, 3.8) is 0 Å². The predicted octanol–water partition coefficient (Wildman–Crippen LogP) is 4.34. The summed E-state index contributed by atoms with van der Waals surface area (Å²) in [6.07, 6.45) is 18.3. The maximum Gasteiger partial charge on any atom is 0.102 e. The van der Waals surface area contributed by atoms with Gasteiger partial charge < -0.3 is 10.2 Å². The van der Waals surface area contributed by atoms with E-state index in [2.05, 4.69) is 12.4 Å². The summed E-state index contributed by atoms with van der Waals surface area (Å²) in [5.41, 5.74) is 2.82. The first kappa shape index (κ1) is 22.8. The van der Waals surface area contributed by atoms with Crippen LogP contribution in [0.25, 0.3) is 0 Å². The molecule has 3 N–H and O–H groups in total. The molecule has 0 aromatic rings. The van der Waals surface area contributed by atoms with Crippen LogP contribution < -0.4 is 5.48 Å². The first-order valence-corrected chi connectivity index (χ1v) is 9.94. The molecule has 0 amide bonds. The van der Waals surface area contributed by atoms with E-state index in [0.717, 1.165) is 13.0 Å². The number of hydrogen-bond donors (Lipinski definition) is 3. The molecule has 0 saturated carbocycles. The van der Waals surface area contributed by atoms with Gasteiger partial charge in [-0.15, -0.1) is 0 Å². The quantitative estimate of drug-likeness (QED) is 0.243. The van der Waals surface area contributed by atoms with E-state index in [1.807, 2.05) is 0 Å². The second kappa shape index (κ2) is 19.9. The molecule has 0 aliphatic rings. The summed E-state index contributed by atoms with van der Waals surface area (Å²) < 4.78 is 0. The van der Waals surface area contributed by atoms with Gasteiger partial charge in [0.1, 0.15) is 6.10 Å². The molecule has 0 spiro atoms. The van der Waals surface area contributed by atoms with Gasteiger partial charge in [-0.25, -0.2) is 5.48 Å². The highest BCUT2D eigenvalue weighted by atomic mass is 16.6. The van der Waals surface area contributed by atoms with Gasteiger partial charge in [-0.05, 0) is 6.42 Å². The molecule has 4 heteroatoms. The molecule has 0 bridgehead atoms. The Bertz CT molecular complexity index is 215. The second-order valence-corrected chi connectivity index (χ2v) is 6.64. The standard InChI is InChI=1S/C19H41NO3/c1-2-3-4-5-6-7-8-9-10-11-12-13-14-15-16-20-23-18-19(22)17-21/h19-22H,2-18H2,1H3. The lowest BCUT2D eigenvalue weighted by Crippen LogP contribution is -2.26. The summed E-state index contributed by atoms with van der Waals surface area (Å²) >= 11 is 0. The lowest BCUT2D eigenvalue weighted by atomic mass is 10.0. The Morgan fingerprint density at radius 3 is 1.61 bits per heavy atom. The van der Waals surface area contributed by atoms with Gasteiger partial charge in [-0.3, -0.25) is 4.84 Å². The molecule has 4 nitrogen and oxygen atoms in total. The van der Waals surface area contributed by atoms with Crippen LogP contribution in [0.1, 0.15) is 96.8 Å². The summed E-state index contributed by atoms with van der Waals surface area (Å²) in [4.78, 5) is 5.04. The summed E-state index contributed by atoms with van der Waals surface area (Å²) in [5, 5.41) is 17.7. The number of nitrogens with one attached hydrogen (secondary N) is 1. The van der Waals surface area contributed by atoms with Crippen molar-refractivity contribution in [2.75, 3.05) is 19.8 Å². The molecular formula is C19H41NO3. The van der Waals surface area contributed by atoms with Gasteiger partial charge >= 0.3 is 0 Å². The summed E-state index contributed by atoms with van der Waals surface area (Å²) in [7, 11) is 0. The van der Waals surface area contributed by atoms with Crippen molar-refractivity contribution in [2.24, 2.45) is 0 Å². The van der Waals surface area contributed by atoms with Crippen LogP contribution >= 0.6 is 0 Å². The summed E-state index contributed by atoms with van der Waals surface area (Å²) in [6, 6.07) is 0. The maximum absolute atomic E-state index is 9.07. The van der Waals surface area contributed by atoms with E-state index in [-0.39, 0.29) is 13.2 Å². The van der Waals surface area contributed by atoms with Gasteiger partial charge in [0.2, 0.25) is 0 Å². The minimum atomic E-state index is -0.779. The normalized spacial score (nSPS) is 12.7. The summed E-state index contributed by atoms with van der Waals surface area (Å²) in [5.74, 6) is 0. The van der Waals surface area contributed by atoms with Crippen molar-refractivity contribution in [3.8, 4) is 0 Å². The van der Waals surface area contributed by atoms with Crippen LogP contribution in [-0.2, 0) is 4.84 Å². The Morgan fingerprint density at radius 1 is 0.739 bits per heavy atom. The van der Waals surface area contributed by atoms with E-state index in [0.29, 0.717) is 0 Å². The van der Waals surface area contributed by atoms with E-state index in [1.165, 1.54) is 83.5 Å². The predicted molar refractivity (Wildman–Crippen MR) is 97.4 cm³/mol. The van der Waals surface area contributed by atoms with Crippen LogP contribution in [0.15, 0.2) is 0 Å². The highest BCUT2D eigenvalue weighted by Crippen LogP contribution is 2.12. The Balaban J connectivity index is 2.97. The third kappa shape index (κ3) is 19.8. The first-order chi connectivity index (χ1) is 11.3. The molecule has 1 atom stereocenters. The lowest BCUT2D eigenvalue weighted by molar-refractivity contribution is -0.0371. The van der Waals surface area contributed by atoms with E-state index >= 15 is 0 Å². The Hall–Kier alpha value is -0.160. The van der Waals surface area contributed by atoms with Crippen LogP contribution in [0.3, 0.4) is 0 Å². The van der Waals surface area contributed by atoms with Gasteiger partial charge in [0.05, 0.1) is 13.2 Å². The summed E-state index contributed by atoms with van der Waals surface area (Å²) in [6.45, 7) is 2.99. The van der Waals surface area contributed by atoms with Gasteiger partial charge in [0, 0.05) is 6.54 Å². The molecule has 0 aliphatic heterocycles. The lowest BCUT2D eigenvalue weighted by Gasteiger charge is -2.08. The third-order valence-electron chi connectivity index (χ3n) is 4.22. The minimum Gasteiger partial charge on any atom is -0.394 e. The molecule has 0 fully saturated rings. The molecule has 0 aromatic carbocycles. The van der Waals surface area contributed by atoms with E-state index in [9.17, 15) is 0 Å². The molecule has 0 aliphatic carbocycles. The molecule has 140 valence electrons. The number of hydroxylamine groups is 1. The fraction of sp³-hybridized carbons (Fsp3) is 1.00. The van der Waals surface area contributed by atoms with Crippen LogP contribution in [0, 0.1) is 0 Å². The Morgan fingerprint density at radius 2 is 1.17 bits per heavy atom. The maximum atomic E-state index is 9.07. The highest BCUT2D eigenvalue weighted by molar-refractivity contribution is 4.50. The zero-order chi connectivity index (χ0) is 17.0. The number of rotatable bonds is 19. The van der Waals surface area contributed by atoms with Crippen LogP contribution in [-0.4, -0.2) is 36.1 Å². The van der Waals surface area contributed by atoms with Crippen molar-refractivity contribution in [2.45, 2.75) is 103 Å². The molecule has 0 rings (SSSR count). The average Bonchev–Trinajstić information content (AvgIpc) is 2.57. The van der Waals surface area contributed by atoms with Crippen molar-refractivity contribution >= 4 is 0 Å². The molecular weight excluding hydrogens is 290 g/mol. The minimum absolute atomic E-state index is 0.148. The van der Waals surface area contributed by atoms with Gasteiger partial charge in [-0.2, -0.15) is 0 Å². The third-order valence-corrected chi connectivity index (χ3v) is 4.22. The number of hydrogen-bond acceptors (Lipinski definition) is 4. The van der Waals surface area contributed by atoms with E-state index < -0.39 is 6.10 Å². The Labute approximate surface area is 144 Å². The van der Waals surface area contributed by atoms with E-state index in [1.54, 1.807) is 0 Å². The molecule has 0 aromatic heterocycles. The average molecular weight is 332 g/mol. The fourth-order valence-electron chi connectivity index (χ4n) is 2.67. The monoisotopic (exact) mass is 331 g/mol. The van der Waals surface area contributed by atoms with Gasteiger partial charge in [0.25, 0.3) is 0 Å². The van der Waals surface area contributed by atoms with Gasteiger partial charge in [-0.1, -0.05) is 90.4 Å². The van der Waals surface area contributed by atoms with Gasteiger partial charge in [0.15, 0.2) is 0 Å². The van der Waals surface area contributed by atoms with Crippen LogP contribution in [0.5, 0.6) is 0 Å². The SMILES string of the molecule is CCCCCCCCCCCCCCCCNOCC(O)CO. The topological polar surface area (TPSA) is 61.7 Å². The zero-order valence-corrected chi connectivity index (χ0v) is 15.4. The molecule has 1 unspecified atom stereocenters. The smallest absolute Gasteiger partial charge is 0.102 e. The Kier molecular flexibility index (Phi) is 19.7. The number of aliphatic hydroxyl groups is 2. The van der Waals surface area contributed by atoms with Crippen LogP contribution in [0.4, 0.5) is 0 Å². The van der Waals surface area contributed by atoms with Crippen LogP contribution in [0.2, 0.25) is 0 Å². The number of unbranched alkanes of at least 4 members (excludes halogenated alkanes) is 13. The zero-order valence-electron chi connectivity index (χ0n) is 15.4. The van der Waals surface area contributed by atoms with Crippen molar-refractivity contribution in [3.05, 3.63) is 0 Å². The number of aliphatic hydroxyl groups excluding tert-OH is 2. The largest absolute Gasteiger partial charge is 0.394 e. The molecule has 0 saturated heterocycles. The van der Waals surface area contributed by atoms with Crippen molar-refractivity contribution in [1.82, 2.24) is 5.48 Å². The van der Waals surface area contributed by atoms with Crippen molar-refractivity contribution < 1.29 is 15.1 Å². The van der Waals surface area contributed by atoms with E-state index in [4.69, 9.17) is 15.1 Å². The first-order valence-electron chi connectivity index (χ1n) is 9.94. The highest BCUT2D eigenvalue weighted by Gasteiger charge is 2.00. The molecule has 23 heavy (non-hydrogen) atoms. The molecule has 0 heterocycles. The molecule has 0 radical (unpaired) electrons. The van der Waals surface area contributed by atoms with Crippen molar-refractivity contribution in [1.29, 1.82) is 0 Å². The second-order valence-electron chi connectivity index (χ2n) is 6.64. The fourth-order valence-corrected chi connectivity index (χ4v) is 2.67.